The Morgan fingerprint density at radius 1 is 1.43 bits per heavy atom. The predicted molar refractivity (Wildman–Crippen MR) is 49.8 cm³/mol. The zero-order valence-corrected chi connectivity index (χ0v) is 7.47. The van der Waals surface area contributed by atoms with Crippen LogP contribution >= 0.6 is 0 Å². The third kappa shape index (κ3) is 2.04. The molecule has 0 amide bonds. The molecule has 1 aromatic carbocycles. The third-order valence-electron chi connectivity index (χ3n) is 1.76. The van der Waals surface area contributed by atoms with Gasteiger partial charge in [0.25, 0.3) is 0 Å². The molecule has 0 aliphatic rings. The van der Waals surface area contributed by atoms with Crippen molar-refractivity contribution < 1.29 is 24.7 Å². The van der Waals surface area contributed by atoms with Gasteiger partial charge in [-0.1, -0.05) is 6.07 Å². The molecule has 74 valence electrons. The molecule has 1 aromatic rings. The van der Waals surface area contributed by atoms with Gasteiger partial charge in [-0.15, -0.1) is 0 Å². The number of carboxylic acids is 1. The summed E-state index contributed by atoms with van der Waals surface area (Å²) in [6.07, 6.45) is 0. The number of hydrogen-bond donors (Lipinski definition) is 3. The predicted octanol–water partition coefficient (Wildman–Crippen LogP) is -0.927. The van der Waals surface area contributed by atoms with E-state index >= 15 is 0 Å². The lowest BCUT2D eigenvalue weighted by Gasteiger charge is -2.07. The highest BCUT2D eigenvalue weighted by molar-refractivity contribution is 6.59. The van der Waals surface area contributed by atoms with Gasteiger partial charge in [0, 0.05) is 5.46 Å². The molecule has 0 aliphatic heterocycles. The Hall–Kier alpha value is -1.53. The molecule has 0 atom stereocenters. The Bertz CT molecular complexity index is 350. The Morgan fingerprint density at radius 2 is 2.07 bits per heavy atom. The van der Waals surface area contributed by atoms with Crippen molar-refractivity contribution in [2.45, 2.75) is 0 Å². The van der Waals surface area contributed by atoms with Gasteiger partial charge in [-0.2, -0.15) is 0 Å². The van der Waals surface area contributed by atoms with Crippen molar-refractivity contribution in [2.75, 3.05) is 7.11 Å². The molecular formula is C8H9BO5. The van der Waals surface area contributed by atoms with Crippen LogP contribution in [-0.2, 0) is 0 Å². The number of rotatable bonds is 3. The summed E-state index contributed by atoms with van der Waals surface area (Å²) in [4.78, 5) is 10.6. The van der Waals surface area contributed by atoms with E-state index in [1.807, 2.05) is 0 Å². The van der Waals surface area contributed by atoms with Gasteiger partial charge in [0.2, 0.25) is 0 Å². The lowest BCUT2D eigenvalue weighted by atomic mass is 9.79. The summed E-state index contributed by atoms with van der Waals surface area (Å²) in [5, 5.41) is 26.4. The van der Waals surface area contributed by atoms with Gasteiger partial charge in [0.15, 0.2) is 0 Å². The van der Waals surface area contributed by atoms with Crippen molar-refractivity contribution in [1.29, 1.82) is 0 Å². The molecule has 5 nitrogen and oxygen atoms in total. The average molecular weight is 196 g/mol. The third-order valence-corrected chi connectivity index (χ3v) is 1.76. The number of ether oxygens (including phenoxy) is 1. The Kier molecular flexibility index (Phi) is 3.11. The SMILES string of the molecule is COc1cc(C(=O)O)ccc1B(O)O. The van der Waals surface area contributed by atoms with Gasteiger partial charge in [0.1, 0.15) is 5.75 Å². The molecule has 14 heavy (non-hydrogen) atoms. The van der Waals surface area contributed by atoms with E-state index in [2.05, 4.69) is 0 Å². The van der Waals surface area contributed by atoms with Gasteiger partial charge < -0.3 is 19.9 Å². The molecule has 0 radical (unpaired) electrons. The van der Waals surface area contributed by atoms with Crippen LogP contribution in [0.25, 0.3) is 0 Å². The van der Waals surface area contributed by atoms with Gasteiger partial charge >= 0.3 is 13.1 Å². The zero-order chi connectivity index (χ0) is 10.7. The number of carbonyl (C=O) groups is 1. The molecule has 0 aromatic heterocycles. The monoisotopic (exact) mass is 196 g/mol. The van der Waals surface area contributed by atoms with Crippen molar-refractivity contribution >= 4 is 18.6 Å². The molecule has 3 N–H and O–H groups in total. The van der Waals surface area contributed by atoms with Crippen LogP contribution < -0.4 is 10.2 Å². The summed E-state index contributed by atoms with van der Waals surface area (Å²) in [7, 11) is -0.347. The van der Waals surface area contributed by atoms with E-state index in [0.29, 0.717) is 0 Å². The molecule has 0 fully saturated rings. The average Bonchev–Trinajstić information content (AvgIpc) is 2.16. The quantitative estimate of drug-likeness (QED) is 0.543. The number of benzene rings is 1. The fourth-order valence-electron chi connectivity index (χ4n) is 1.06. The smallest absolute Gasteiger partial charge is 0.492 e. The summed E-state index contributed by atoms with van der Waals surface area (Å²) in [6, 6.07) is 3.81. The second-order valence-corrected chi connectivity index (χ2v) is 2.64. The fourth-order valence-corrected chi connectivity index (χ4v) is 1.06. The van der Waals surface area contributed by atoms with Crippen LogP contribution in [0.3, 0.4) is 0 Å². The van der Waals surface area contributed by atoms with E-state index in [4.69, 9.17) is 19.9 Å². The molecule has 0 saturated heterocycles. The minimum absolute atomic E-state index is 0.0336. The standard InChI is InChI=1S/C8H9BO5/c1-14-7-4-5(8(10)11)2-3-6(7)9(12)13/h2-4,12-13H,1H3,(H,10,11). The normalized spacial score (nSPS) is 9.64. The van der Waals surface area contributed by atoms with Crippen LogP contribution in [0, 0.1) is 0 Å². The highest BCUT2D eigenvalue weighted by atomic mass is 16.5. The van der Waals surface area contributed by atoms with Crippen molar-refractivity contribution in [3.63, 3.8) is 0 Å². The lowest BCUT2D eigenvalue weighted by molar-refractivity contribution is 0.0696. The van der Waals surface area contributed by atoms with Gasteiger partial charge in [0.05, 0.1) is 12.7 Å². The summed E-state index contributed by atoms with van der Waals surface area (Å²) < 4.78 is 4.81. The summed E-state index contributed by atoms with van der Waals surface area (Å²) in [5.41, 5.74) is 0.170. The van der Waals surface area contributed by atoms with E-state index in [0.717, 1.165) is 0 Å². The maximum absolute atomic E-state index is 10.6. The summed E-state index contributed by atoms with van der Waals surface area (Å²) in [5.74, 6) is -0.956. The van der Waals surface area contributed by atoms with Crippen LogP contribution in [0.15, 0.2) is 18.2 Å². The summed E-state index contributed by atoms with van der Waals surface area (Å²) >= 11 is 0. The first-order valence-corrected chi connectivity index (χ1v) is 3.83. The van der Waals surface area contributed by atoms with E-state index in [1.54, 1.807) is 0 Å². The van der Waals surface area contributed by atoms with Crippen LogP contribution in [0.2, 0.25) is 0 Å². The molecule has 0 unspecified atom stereocenters. The van der Waals surface area contributed by atoms with Gasteiger partial charge in [-0.05, 0) is 12.1 Å². The maximum atomic E-state index is 10.6. The highest BCUT2D eigenvalue weighted by Gasteiger charge is 2.18. The Labute approximate surface area is 80.7 Å². The Balaban J connectivity index is 3.18. The van der Waals surface area contributed by atoms with E-state index in [9.17, 15) is 4.79 Å². The van der Waals surface area contributed by atoms with Crippen LogP contribution in [-0.4, -0.2) is 35.4 Å². The van der Waals surface area contributed by atoms with Crippen molar-refractivity contribution in [3.8, 4) is 5.75 Å². The number of hydrogen-bond acceptors (Lipinski definition) is 4. The van der Waals surface area contributed by atoms with E-state index in [1.165, 1.54) is 25.3 Å². The van der Waals surface area contributed by atoms with E-state index in [-0.39, 0.29) is 16.8 Å². The van der Waals surface area contributed by atoms with Crippen LogP contribution in [0.1, 0.15) is 10.4 Å². The number of methoxy groups -OCH3 is 1. The molecule has 6 heteroatoms. The second-order valence-electron chi connectivity index (χ2n) is 2.64. The molecular weight excluding hydrogens is 187 g/mol. The van der Waals surface area contributed by atoms with Crippen molar-refractivity contribution in [1.82, 2.24) is 0 Å². The first-order valence-electron chi connectivity index (χ1n) is 3.83. The van der Waals surface area contributed by atoms with Gasteiger partial charge in [-0.3, -0.25) is 0 Å². The number of carboxylic acid groups (broad SMARTS) is 1. The van der Waals surface area contributed by atoms with Crippen LogP contribution in [0.4, 0.5) is 0 Å². The second kappa shape index (κ2) is 4.12. The molecule has 0 bridgehead atoms. The molecule has 0 aliphatic carbocycles. The molecule has 0 spiro atoms. The van der Waals surface area contributed by atoms with Gasteiger partial charge in [-0.25, -0.2) is 4.79 Å². The van der Waals surface area contributed by atoms with Crippen molar-refractivity contribution in [3.05, 3.63) is 23.8 Å². The zero-order valence-electron chi connectivity index (χ0n) is 7.47. The lowest BCUT2D eigenvalue weighted by Crippen LogP contribution is -2.31. The first-order chi connectivity index (χ1) is 6.56. The van der Waals surface area contributed by atoms with Crippen LogP contribution in [0.5, 0.6) is 5.75 Å². The fraction of sp³-hybridized carbons (Fsp3) is 0.125. The molecule has 0 saturated carbocycles. The molecule has 1 rings (SSSR count). The van der Waals surface area contributed by atoms with Crippen molar-refractivity contribution in [2.24, 2.45) is 0 Å². The minimum atomic E-state index is -1.67. The summed E-state index contributed by atoms with van der Waals surface area (Å²) in [6.45, 7) is 0. The molecule has 0 heterocycles. The maximum Gasteiger partial charge on any atom is 0.492 e. The number of aromatic carboxylic acids is 1. The Morgan fingerprint density at radius 3 is 2.50 bits per heavy atom. The minimum Gasteiger partial charge on any atom is -0.497 e. The highest BCUT2D eigenvalue weighted by Crippen LogP contribution is 2.10. The first kappa shape index (κ1) is 10.6. The van der Waals surface area contributed by atoms with E-state index < -0.39 is 13.1 Å². The largest absolute Gasteiger partial charge is 0.497 e. The topological polar surface area (TPSA) is 87.0 Å².